The highest BCUT2D eigenvalue weighted by molar-refractivity contribution is 5.87. The zero-order valence-electron chi connectivity index (χ0n) is 9.68. The fourth-order valence-corrected chi connectivity index (χ4v) is 2.67. The lowest BCUT2D eigenvalue weighted by molar-refractivity contribution is 0.344. The lowest BCUT2D eigenvalue weighted by Crippen LogP contribution is -2.16. The van der Waals surface area contributed by atoms with Crippen molar-refractivity contribution in [2.75, 3.05) is 0 Å². The molecular formula is C15H15F. The Morgan fingerprint density at radius 1 is 1.19 bits per heavy atom. The first-order valence-corrected chi connectivity index (χ1v) is 5.77. The van der Waals surface area contributed by atoms with Crippen LogP contribution in [0, 0.1) is 5.41 Å². The third-order valence-corrected chi connectivity index (χ3v) is 3.68. The van der Waals surface area contributed by atoms with E-state index in [9.17, 15) is 4.39 Å². The standard InChI is InChI=1S/C15H15F/c1-15(2)8-7-12-11-6-4-3-5-10(11)9-13(12)14(15)16/h3-7H,8-9H2,1-2H3. The number of benzene rings is 1. The lowest BCUT2D eigenvalue weighted by atomic mass is 9.79. The summed E-state index contributed by atoms with van der Waals surface area (Å²) >= 11 is 0. The van der Waals surface area contributed by atoms with Crippen LogP contribution < -0.4 is 0 Å². The quantitative estimate of drug-likeness (QED) is 0.604. The molecule has 0 unspecified atom stereocenters. The van der Waals surface area contributed by atoms with E-state index in [2.05, 4.69) is 18.2 Å². The Kier molecular flexibility index (Phi) is 1.88. The molecule has 0 atom stereocenters. The van der Waals surface area contributed by atoms with Gasteiger partial charge in [0.25, 0.3) is 0 Å². The molecule has 0 amide bonds. The van der Waals surface area contributed by atoms with E-state index in [4.69, 9.17) is 0 Å². The summed E-state index contributed by atoms with van der Waals surface area (Å²) in [5, 5.41) is 0. The number of halogens is 1. The van der Waals surface area contributed by atoms with E-state index in [1.807, 2.05) is 26.0 Å². The zero-order chi connectivity index (χ0) is 11.3. The highest BCUT2D eigenvalue weighted by Gasteiger charge is 2.35. The summed E-state index contributed by atoms with van der Waals surface area (Å²) < 4.78 is 14.3. The normalized spacial score (nSPS) is 21.6. The van der Waals surface area contributed by atoms with E-state index in [0.29, 0.717) is 0 Å². The van der Waals surface area contributed by atoms with Crippen LogP contribution in [-0.2, 0) is 6.42 Å². The molecule has 0 radical (unpaired) electrons. The van der Waals surface area contributed by atoms with E-state index in [1.54, 1.807) is 0 Å². The average Bonchev–Trinajstić information content (AvgIpc) is 2.63. The van der Waals surface area contributed by atoms with Crippen molar-refractivity contribution in [2.24, 2.45) is 5.41 Å². The van der Waals surface area contributed by atoms with E-state index in [1.165, 1.54) is 11.1 Å². The van der Waals surface area contributed by atoms with Gasteiger partial charge in [-0.3, -0.25) is 0 Å². The van der Waals surface area contributed by atoms with Gasteiger partial charge in [0.15, 0.2) is 0 Å². The van der Waals surface area contributed by atoms with Crippen LogP contribution >= 0.6 is 0 Å². The number of allylic oxidation sites excluding steroid dienone is 4. The smallest absolute Gasteiger partial charge is 0.110 e. The summed E-state index contributed by atoms with van der Waals surface area (Å²) in [7, 11) is 0. The van der Waals surface area contributed by atoms with E-state index >= 15 is 0 Å². The lowest BCUT2D eigenvalue weighted by Gasteiger charge is -2.27. The molecule has 0 aliphatic heterocycles. The van der Waals surface area contributed by atoms with Gasteiger partial charge in [-0.15, -0.1) is 0 Å². The van der Waals surface area contributed by atoms with Crippen molar-refractivity contribution in [1.82, 2.24) is 0 Å². The minimum Gasteiger partial charge on any atom is -0.211 e. The van der Waals surface area contributed by atoms with Gasteiger partial charge in [0.2, 0.25) is 0 Å². The molecule has 16 heavy (non-hydrogen) atoms. The zero-order valence-corrected chi connectivity index (χ0v) is 9.68. The molecule has 1 aromatic rings. The van der Waals surface area contributed by atoms with Crippen LogP contribution in [-0.4, -0.2) is 0 Å². The third-order valence-electron chi connectivity index (χ3n) is 3.68. The second-order valence-electron chi connectivity index (χ2n) is 5.33. The Hall–Kier alpha value is -1.37. The van der Waals surface area contributed by atoms with Gasteiger partial charge in [0.05, 0.1) is 0 Å². The molecular weight excluding hydrogens is 199 g/mol. The molecule has 3 rings (SSSR count). The minimum absolute atomic E-state index is 0.0844. The van der Waals surface area contributed by atoms with Crippen LogP contribution in [0.5, 0.6) is 0 Å². The van der Waals surface area contributed by atoms with Crippen molar-refractivity contribution in [3.8, 4) is 0 Å². The average molecular weight is 214 g/mol. The maximum absolute atomic E-state index is 14.3. The van der Waals surface area contributed by atoms with Crippen LogP contribution in [0.15, 0.2) is 41.7 Å². The minimum atomic E-state index is -0.319. The molecule has 0 fully saturated rings. The van der Waals surface area contributed by atoms with Crippen LogP contribution in [0.25, 0.3) is 5.57 Å². The van der Waals surface area contributed by atoms with Crippen LogP contribution in [0.4, 0.5) is 4.39 Å². The van der Waals surface area contributed by atoms with Gasteiger partial charge in [-0.25, -0.2) is 4.39 Å². The van der Waals surface area contributed by atoms with Crippen molar-refractivity contribution < 1.29 is 4.39 Å². The maximum Gasteiger partial charge on any atom is 0.110 e. The highest BCUT2D eigenvalue weighted by atomic mass is 19.1. The van der Waals surface area contributed by atoms with Crippen LogP contribution in [0.2, 0.25) is 0 Å². The summed E-state index contributed by atoms with van der Waals surface area (Å²) in [4.78, 5) is 0. The fourth-order valence-electron chi connectivity index (χ4n) is 2.67. The summed E-state index contributed by atoms with van der Waals surface area (Å²) in [6, 6.07) is 8.25. The largest absolute Gasteiger partial charge is 0.211 e. The van der Waals surface area contributed by atoms with Gasteiger partial charge in [0.1, 0.15) is 5.83 Å². The maximum atomic E-state index is 14.3. The first-order valence-electron chi connectivity index (χ1n) is 5.77. The number of rotatable bonds is 0. The molecule has 0 aromatic heterocycles. The van der Waals surface area contributed by atoms with Crippen molar-refractivity contribution in [3.05, 3.63) is 52.9 Å². The topological polar surface area (TPSA) is 0 Å². The molecule has 0 spiro atoms. The van der Waals surface area contributed by atoms with Gasteiger partial charge >= 0.3 is 0 Å². The van der Waals surface area contributed by atoms with Crippen LogP contribution in [0.1, 0.15) is 31.4 Å². The Labute approximate surface area is 95.5 Å². The summed E-state index contributed by atoms with van der Waals surface area (Å²) in [5.41, 5.74) is 4.21. The third kappa shape index (κ3) is 1.21. The number of fused-ring (bicyclic) bond motifs is 3. The van der Waals surface area contributed by atoms with Gasteiger partial charge < -0.3 is 0 Å². The molecule has 2 aliphatic carbocycles. The van der Waals surface area contributed by atoms with Gasteiger partial charge in [-0.05, 0) is 28.7 Å². The number of hydrogen-bond donors (Lipinski definition) is 0. The van der Waals surface area contributed by atoms with Gasteiger partial charge in [-0.1, -0.05) is 44.2 Å². The summed E-state index contributed by atoms with van der Waals surface area (Å²) in [6.45, 7) is 3.96. The number of hydrogen-bond acceptors (Lipinski definition) is 0. The van der Waals surface area contributed by atoms with Gasteiger partial charge in [-0.2, -0.15) is 0 Å². The Bertz CT molecular complexity index is 518. The molecule has 0 saturated heterocycles. The molecule has 2 aliphatic rings. The van der Waals surface area contributed by atoms with Crippen molar-refractivity contribution in [3.63, 3.8) is 0 Å². The first-order chi connectivity index (χ1) is 7.59. The Morgan fingerprint density at radius 2 is 1.94 bits per heavy atom. The van der Waals surface area contributed by atoms with E-state index in [0.717, 1.165) is 24.0 Å². The molecule has 0 bridgehead atoms. The SMILES string of the molecule is CC1(C)CC=C2C(=C1F)Cc1ccccc12. The first kappa shape index (κ1) is 9.83. The second kappa shape index (κ2) is 3.07. The Balaban J connectivity index is 2.19. The predicted octanol–water partition coefficient (Wildman–Crippen LogP) is 4.28. The van der Waals surface area contributed by atoms with Gasteiger partial charge in [0, 0.05) is 11.8 Å². The summed E-state index contributed by atoms with van der Waals surface area (Å²) in [5.74, 6) is 0.0844. The molecule has 0 saturated carbocycles. The molecule has 1 aromatic carbocycles. The molecule has 0 heterocycles. The van der Waals surface area contributed by atoms with E-state index < -0.39 is 0 Å². The molecule has 82 valence electrons. The monoisotopic (exact) mass is 214 g/mol. The Morgan fingerprint density at radius 3 is 2.75 bits per heavy atom. The van der Waals surface area contributed by atoms with Crippen LogP contribution in [0.3, 0.4) is 0 Å². The van der Waals surface area contributed by atoms with Crippen molar-refractivity contribution in [2.45, 2.75) is 26.7 Å². The molecule has 0 nitrogen and oxygen atoms in total. The second-order valence-corrected chi connectivity index (χ2v) is 5.33. The fraction of sp³-hybridized carbons (Fsp3) is 0.333. The van der Waals surface area contributed by atoms with E-state index in [-0.39, 0.29) is 11.2 Å². The highest BCUT2D eigenvalue weighted by Crippen LogP contribution is 2.48. The molecule has 1 heteroatoms. The van der Waals surface area contributed by atoms with Crippen molar-refractivity contribution in [1.29, 1.82) is 0 Å². The predicted molar refractivity (Wildman–Crippen MR) is 64.7 cm³/mol. The molecule has 0 N–H and O–H groups in total. The van der Waals surface area contributed by atoms with Crippen molar-refractivity contribution >= 4 is 5.57 Å². The summed E-state index contributed by atoms with van der Waals surface area (Å²) in [6.07, 6.45) is 3.76.